The van der Waals surface area contributed by atoms with Gasteiger partial charge in [0.15, 0.2) is 6.23 Å². The Morgan fingerprint density at radius 1 is 1.25 bits per heavy atom. The number of nitrogens with zero attached hydrogens (tertiary/aromatic N) is 2. The molecule has 0 bridgehead atoms. The van der Waals surface area contributed by atoms with E-state index in [1.807, 2.05) is 0 Å². The molecule has 0 saturated carbocycles. The molecule has 0 aromatic heterocycles. The van der Waals surface area contributed by atoms with Gasteiger partial charge in [0.2, 0.25) is 0 Å². The van der Waals surface area contributed by atoms with Gasteiger partial charge in [-0.25, -0.2) is 0 Å². The quantitative estimate of drug-likeness (QED) is 0.808. The zero-order valence-electron chi connectivity index (χ0n) is 14.5. The summed E-state index contributed by atoms with van der Waals surface area (Å²) in [7, 11) is -0.905. The van der Waals surface area contributed by atoms with Crippen LogP contribution in [-0.4, -0.2) is 64.2 Å². The van der Waals surface area contributed by atoms with Gasteiger partial charge in [0.1, 0.15) is 11.5 Å². The Bertz CT molecular complexity index is 711. The first-order valence-corrected chi connectivity index (χ1v) is 9.33. The van der Waals surface area contributed by atoms with Gasteiger partial charge in [-0.2, -0.15) is 12.7 Å². The Morgan fingerprint density at radius 2 is 1.92 bits per heavy atom. The van der Waals surface area contributed by atoms with Gasteiger partial charge in [0, 0.05) is 38.2 Å². The third kappa shape index (κ3) is 3.11. The van der Waals surface area contributed by atoms with Crippen molar-refractivity contribution in [3.8, 4) is 11.5 Å². The van der Waals surface area contributed by atoms with E-state index in [0.717, 1.165) is 28.7 Å². The highest BCUT2D eigenvalue weighted by Crippen LogP contribution is 2.45. The number of fused-ring (bicyclic) bond motifs is 1. The number of ether oxygens (including phenoxy) is 2. The maximum Gasteiger partial charge on any atom is 0.384 e. The Labute approximate surface area is 143 Å². The first-order chi connectivity index (χ1) is 11.2. The van der Waals surface area contributed by atoms with Crippen LogP contribution in [0.3, 0.4) is 0 Å². The third-order valence-corrected chi connectivity index (χ3v) is 5.82. The van der Waals surface area contributed by atoms with E-state index in [-0.39, 0.29) is 11.6 Å². The number of hydrogen-bond acceptors (Lipinski definition) is 6. The van der Waals surface area contributed by atoms with E-state index in [9.17, 15) is 8.42 Å². The summed E-state index contributed by atoms with van der Waals surface area (Å²) < 4.78 is 41.6. The molecule has 2 aliphatic rings. The molecule has 0 spiro atoms. The maximum atomic E-state index is 11.9. The smallest absolute Gasteiger partial charge is 0.384 e. The molecule has 134 valence electrons. The topological polar surface area (TPSA) is 68.3 Å². The number of benzene rings is 1. The van der Waals surface area contributed by atoms with Crippen molar-refractivity contribution in [3.05, 3.63) is 23.8 Å². The first-order valence-electron chi connectivity index (χ1n) is 7.97. The van der Waals surface area contributed by atoms with Crippen LogP contribution in [0.2, 0.25) is 0 Å². The second kappa shape index (κ2) is 6.18. The van der Waals surface area contributed by atoms with Crippen LogP contribution < -0.4 is 8.92 Å². The Balaban J connectivity index is 1.87. The van der Waals surface area contributed by atoms with Crippen LogP contribution in [0.5, 0.6) is 11.5 Å². The van der Waals surface area contributed by atoms with Crippen LogP contribution in [0.25, 0.3) is 0 Å². The summed E-state index contributed by atoms with van der Waals surface area (Å²) in [5, 5.41) is 0. The van der Waals surface area contributed by atoms with Crippen molar-refractivity contribution in [3.63, 3.8) is 0 Å². The van der Waals surface area contributed by atoms with Crippen molar-refractivity contribution < 1.29 is 22.1 Å². The monoisotopic (exact) mass is 356 g/mol. The molecule has 2 aliphatic heterocycles. The van der Waals surface area contributed by atoms with Gasteiger partial charge in [-0.05, 0) is 18.2 Å². The predicted molar refractivity (Wildman–Crippen MR) is 89.5 cm³/mol. The number of morpholine rings is 1. The van der Waals surface area contributed by atoms with Gasteiger partial charge in [0.05, 0.1) is 13.2 Å². The molecular formula is C16H24N2O5S. The Kier molecular flexibility index (Phi) is 4.50. The predicted octanol–water partition coefficient (Wildman–Crippen LogP) is 1.20. The van der Waals surface area contributed by atoms with Crippen LogP contribution in [-0.2, 0) is 20.5 Å². The van der Waals surface area contributed by atoms with E-state index in [1.54, 1.807) is 18.2 Å². The van der Waals surface area contributed by atoms with Crippen molar-refractivity contribution in [2.24, 2.45) is 0 Å². The molecule has 1 aromatic rings. The van der Waals surface area contributed by atoms with E-state index in [0.29, 0.717) is 19.0 Å². The molecule has 0 aliphatic carbocycles. The van der Waals surface area contributed by atoms with Gasteiger partial charge in [0.25, 0.3) is 0 Å². The summed E-state index contributed by atoms with van der Waals surface area (Å²) >= 11 is 0. The molecule has 1 saturated heterocycles. The molecule has 7 nitrogen and oxygen atoms in total. The van der Waals surface area contributed by atoms with Crippen LogP contribution in [0.15, 0.2) is 18.2 Å². The summed E-state index contributed by atoms with van der Waals surface area (Å²) in [4.78, 5) is 2.26. The SMILES string of the molecule is CN(C)S(=O)(=O)Oc1ccc2c(c1)C(C)(C)C(N1CCOCC1)O2. The van der Waals surface area contributed by atoms with Crippen LogP contribution in [0.4, 0.5) is 0 Å². The molecule has 1 aromatic carbocycles. The minimum Gasteiger partial charge on any atom is -0.474 e. The molecule has 8 heteroatoms. The molecule has 0 amide bonds. The fourth-order valence-electron chi connectivity index (χ4n) is 3.11. The maximum absolute atomic E-state index is 11.9. The Hall–Kier alpha value is -1.35. The summed E-state index contributed by atoms with van der Waals surface area (Å²) in [6, 6.07) is 5.16. The number of hydrogen-bond donors (Lipinski definition) is 0. The van der Waals surface area contributed by atoms with E-state index < -0.39 is 10.3 Å². The van der Waals surface area contributed by atoms with E-state index in [1.165, 1.54) is 14.1 Å². The average molecular weight is 356 g/mol. The molecule has 0 radical (unpaired) electrons. The lowest BCUT2D eigenvalue weighted by Crippen LogP contribution is -2.52. The zero-order valence-corrected chi connectivity index (χ0v) is 15.3. The summed E-state index contributed by atoms with van der Waals surface area (Å²) in [6.45, 7) is 7.23. The van der Waals surface area contributed by atoms with Crippen molar-refractivity contribution in [1.82, 2.24) is 9.21 Å². The second-order valence-electron chi connectivity index (χ2n) is 6.82. The second-order valence-corrected chi connectivity index (χ2v) is 8.57. The van der Waals surface area contributed by atoms with Crippen molar-refractivity contribution in [2.75, 3.05) is 40.4 Å². The molecule has 0 N–H and O–H groups in total. The van der Waals surface area contributed by atoms with Gasteiger partial charge < -0.3 is 13.7 Å². The summed E-state index contributed by atoms with van der Waals surface area (Å²) in [5.41, 5.74) is 0.666. The summed E-state index contributed by atoms with van der Waals surface area (Å²) in [5.74, 6) is 1.06. The van der Waals surface area contributed by atoms with Crippen molar-refractivity contribution in [1.29, 1.82) is 0 Å². The van der Waals surface area contributed by atoms with Gasteiger partial charge in [-0.15, -0.1) is 0 Å². The normalized spacial score (nSPS) is 23.8. The lowest BCUT2D eigenvalue weighted by atomic mass is 9.83. The molecular weight excluding hydrogens is 332 g/mol. The minimum absolute atomic E-state index is 0.0999. The zero-order chi connectivity index (χ0) is 17.5. The van der Waals surface area contributed by atoms with Gasteiger partial charge >= 0.3 is 10.3 Å². The lowest BCUT2D eigenvalue weighted by molar-refractivity contribution is -0.0612. The standard InChI is InChI=1S/C16H24N2O5S/c1-16(2)13-11-12(23-24(19,20)17(3)4)5-6-14(13)22-15(16)18-7-9-21-10-8-18/h5-6,11,15H,7-10H2,1-4H3. The minimum atomic E-state index is -3.77. The Morgan fingerprint density at radius 3 is 2.54 bits per heavy atom. The largest absolute Gasteiger partial charge is 0.474 e. The molecule has 1 fully saturated rings. The average Bonchev–Trinajstić information content (AvgIpc) is 2.79. The third-order valence-electron chi connectivity index (χ3n) is 4.53. The molecule has 24 heavy (non-hydrogen) atoms. The van der Waals surface area contributed by atoms with Crippen LogP contribution in [0, 0.1) is 0 Å². The molecule has 2 heterocycles. The molecule has 3 rings (SSSR count). The highest BCUT2D eigenvalue weighted by molar-refractivity contribution is 7.84. The van der Waals surface area contributed by atoms with E-state index in [4.69, 9.17) is 13.7 Å². The number of rotatable bonds is 4. The van der Waals surface area contributed by atoms with E-state index in [2.05, 4.69) is 18.7 Å². The summed E-state index contributed by atoms with van der Waals surface area (Å²) in [6.07, 6.45) is -0.0999. The highest BCUT2D eigenvalue weighted by Gasteiger charge is 2.45. The van der Waals surface area contributed by atoms with Crippen LogP contribution >= 0.6 is 0 Å². The van der Waals surface area contributed by atoms with Crippen molar-refractivity contribution in [2.45, 2.75) is 25.5 Å². The molecule has 1 atom stereocenters. The lowest BCUT2D eigenvalue weighted by Gasteiger charge is -2.38. The van der Waals surface area contributed by atoms with Crippen LogP contribution in [0.1, 0.15) is 19.4 Å². The van der Waals surface area contributed by atoms with E-state index >= 15 is 0 Å². The fraction of sp³-hybridized carbons (Fsp3) is 0.625. The first kappa shape index (κ1) is 17.5. The fourth-order valence-corrected chi connectivity index (χ4v) is 3.60. The highest BCUT2D eigenvalue weighted by atomic mass is 32.2. The van der Waals surface area contributed by atoms with Crippen molar-refractivity contribution >= 4 is 10.3 Å². The van der Waals surface area contributed by atoms with Gasteiger partial charge in [-0.3, -0.25) is 4.90 Å². The molecule has 1 unspecified atom stereocenters. The van der Waals surface area contributed by atoms with Gasteiger partial charge in [-0.1, -0.05) is 13.8 Å².